The molecule has 0 amide bonds. The van der Waals surface area contributed by atoms with E-state index in [4.69, 9.17) is 9.26 Å². The summed E-state index contributed by atoms with van der Waals surface area (Å²) in [5, 5.41) is 7.77. The Morgan fingerprint density at radius 1 is 1.23 bits per heavy atom. The fraction of sp³-hybridized carbons (Fsp3) is 0.421. The molecule has 0 unspecified atom stereocenters. The Bertz CT molecular complexity index is 1250. The molecule has 4 heterocycles. The Morgan fingerprint density at radius 2 is 2.10 bits per heavy atom. The van der Waals surface area contributed by atoms with Crippen LogP contribution in [0.15, 0.2) is 37.3 Å². The quantitative estimate of drug-likeness (QED) is 0.399. The largest absolute Gasteiger partial charge is 0.383 e. The van der Waals surface area contributed by atoms with Crippen molar-refractivity contribution in [1.82, 2.24) is 28.8 Å². The van der Waals surface area contributed by atoms with E-state index in [2.05, 4.69) is 15.1 Å². The van der Waals surface area contributed by atoms with Crippen molar-refractivity contribution in [3.05, 3.63) is 49.9 Å². The van der Waals surface area contributed by atoms with Crippen LogP contribution in [0.3, 0.4) is 0 Å². The molecule has 0 aromatic carbocycles. The summed E-state index contributed by atoms with van der Waals surface area (Å²) in [7, 11) is 1.59. The molecule has 0 aliphatic carbocycles. The number of thiophene rings is 1. The molecule has 10 nitrogen and oxygen atoms in total. The second kappa shape index (κ2) is 8.76. The molecule has 0 fully saturated rings. The summed E-state index contributed by atoms with van der Waals surface area (Å²) in [4.78, 5) is 35.0. The maximum absolute atomic E-state index is 13.2. The summed E-state index contributed by atoms with van der Waals surface area (Å²) >= 11 is 1.52. The minimum atomic E-state index is -0.438. The molecule has 4 rings (SSSR count). The van der Waals surface area contributed by atoms with Crippen molar-refractivity contribution in [3.8, 4) is 11.4 Å². The minimum absolute atomic E-state index is 0.105. The summed E-state index contributed by atoms with van der Waals surface area (Å²) < 4.78 is 14.8. The first kappa shape index (κ1) is 20.2. The van der Waals surface area contributed by atoms with Crippen molar-refractivity contribution in [1.29, 1.82) is 0 Å². The van der Waals surface area contributed by atoms with E-state index in [1.807, 2.05) is 23.8 Å². The summed E-state index contributed by atoms with van der Waals surface area (Å²) in [6.45, 7) is 3.29. The third-order valence-corrected chi connectivity index (χ3v) is 5.48. The molecular weight excluding hydrogens is 408 g/mol. The highest BCUT2D eigenvalue weighted by Crippen LogP contribution is 2.18. The summed E-state index contributed by atoms with van der Waals surface area (Å²) in [5.74, 6) is 0.622. The van der Waals surface area contributed by atoms with Gasteiger partial charge in [0.15, 0.2) is 11.2 Å². The molecule has 0 aliphatic rings. The van der Waals surface area contributed by atoms with Gasteiger partial charge in [0.05, 0.1) is 12.9 Å². The fourth-order valence-electron chi connectivity index (χ4n) is 3.22. The van der Waals surface area contributed by atoms with Gasteiger partial charge in [0.2, 0.25) is 11.7 Å². The topological polar surface area (TPSA) is 110 Å². The molecule has 0 atom stereocenters. The van der Waals surface area contributed by atoms with E-state index in [-0.39, 0.29) is 12.4 Å². The number of unbranched alkanes of at least 4 members (excludes halogenated alkanes) is 1. The number of hydrogen-bond donors (Lipinski definition) is 0. The lowest BCUT2D eigenvalue weighted by Gasteiger charge is -2.11. The molecule has 4 aromatic rings. The van der Waals surface area contributed by atoms with Gasteiger partial charge >= 0.3 is 5.69 Å². The lowest BCUT2D eigenvalue weighted by Crippen LogP contribution is -2.41. The number of nitrogens with zero attached hydrogens (tertiary/aromatic N) is 6. The second-order valence-corrected chi connectivity index (χ2v) is 7.59. The van der Waals surface area contributed by atoms with E-state index in [1.165, 1.54) is 11.3 Å². The zero-order valence-electron chi connectivity index (χ0n) is 16.8. The first-order valence-corrected chi connectivity index (χ1v) is 10.6. The Labute approximate surface area is 175 Å². The van der Waals surface area contributed by atoms with Crippen LogP contribution in [0.5, 0.6) is 0 Å². The van der Waals surface area contributed by atoms with E-state index in [9.17, 15) is 9.59 Å². The van der Waals surface area contributed by atoms with E-state index in [0.29, 0.717) is 36.7 Å². The molecule has 0 spiro atoms. The average molecular weight is 430 g/mol. The first-order chi connectivity index (χ1) is 14.6. The molecule has 0 radical (unpaired) electrons. The number of ether oxygens (including phenoxy) is 1. The predicted molar refractivity (Wildman–Crippen MR) is 112 cm³/mol. The van der Waals surface area contributed by atoms with Crippen LogP contribution in [0.1, 0.15) is 25.7 Å². The van der Waals surface area contributed by atoms with Crippen LogP contribution in [0.25, 0.3) is 22.6 Å². The number of rotatable bonds is 9. The SMILES string of the molecule is CCCCn1c(=O)n(Cc2nc(-c3ccsc3)no2)c(=O)c2c1ncn2CCOC. The van der Waals surface area contributed by atoms with E-state index < -0.39 is 11.2 Å². The Balaban J connectivity index is 1.80. The smallest absolute Gasteiger partial charge is 0.333 e. The van der Waals surface area contributed by atoms with E-state index >= 15 is 0 Å². The summed E-state index contributed by atoms with van der Waals surface area (Å²) in [6, 6.07) is 1.88. The lowest BCUT2D eigenvalue weighted by molar-refractivity contribution is 0.188. The Morgan fingerprint density at radius 3 is 2.83 bits per heavy atom. The van der Waals surface area contributed by atoms with Gasteiger partial charge in [-0.15, -0.1) is 0 Å². The Kier molecular flexibility index (Phi) is 5.91. The third kappa shape index (κ3) is 3.73. The molecule has 0 N–H and O–H groups in total. The van der Waals surface area contributed by atoms with Crippen LogP contribution in [0, 0.1) is 0 Å². The van der Waals surface area contributed by atoms with Crippen LogP contribution < -0.4 is 11.2 Å². The van der Waals surface area contributed by atoms with Gasteiger partial charge in [0.1, 0.15) is 6.54 Å². The summed E-state index contributed by atoms with van der Waals surface area (Å²) in [6.07, 6.45) is 3.27. The van der Waals surface area contributed by atoms with Crippen LogP contribution in [0.4, 0.5) is 0 Å². The van der Waals surface area contributed by atoms with E-state index in [1.54, 1.807) is 22.6 Å². The second-order valence-electron chi connectivity index (χ2n) is 6.81. The van der Waals surface area contributed by atoms with Gasteiger partial charge in [-0.25, -0.2) is 14.3 Å². The highest BCUT2D eigenvalue weighted by atomic mass is 32.1. The van der Waals surface area contributed by atoms with Gasteiger partial charge in [-0.05, 0) is 17.9 Å². The molecular formula is C19H22N6O4S. The highest BCUT2D eigenvalue weighted by Gasteiger charge is 2.20. The van der Waals surface area contributed by atoms with Crippen molar-refractivity contribution in [2.75, 3.05) is 13.7 Å². The van der Waals surface area contributed by atoms with Crippen molar-refractivity contribution >= 4 is 22.5 Å². The molecule has 11 heteroatoms. The monoisotopic (exact) mass is 430 g/mol. The van der Waals surface area contributed by atoms with E-state index in [0.717, 1.165) is 23.0 Å². The molecule has 0 aliphatic heterocycles. The average Bonchev–Trinajstić information content (AvgIpc) is 3.50. The van der Waals surface area contributed by atoms with Crippen molar-refractivity contribution < 1.29 is 9.26 Å². The van der Waals surface area contributed by atoms with Gasteiger partial charge in [-0.3, -0.25) is 9.36 Å². The maximum Gasteiger partial charge on any atom is 0.333 e. The summed E-state index contributed by atoms with van der Waals surface area (Å²) in [5.41, 5.74) is 0.700. The molecule has 158 valence electrons. The Hall–Kier alpha value is -3.05. The van der Waals surface area contributed by atoms with Crippen molar-refractivity contribution in [3.63, 3.8) is 0 Å². The highest BCUT2D eigenvalue weighted by molar-refractivity contribution is 7.08. The van der Waals surface area contributed by atoms with Gasteiger partial charge < -0.3 is 13.8 Å². The van der Waals surface area contributed by atoms with Crippen molar-refractivity contribution in [2.24, 2.45) is 0 Å². The van der Waals surface area contributed by atoms with Crippen LogP contribution in [-0.4, -0.2) is 42.5 Å². The van der Waals surface area contributed by atoms with Gasteiger partial charge in [-0.2, -0.15) is 16.3 Å². The number of imidazole rings is 1. The van der Waals surface area contributed by atoms with Gasteiger partial charge in [0.25, 0.3) is 5.56 Å². The molecule has 4 aromatic heterocycles. The number of fused-ring (bicyclic) bond motifs is 1. The number of methoxy groups -OCH3 is 1. The zero-order chi connectivity index (χ0) is 21.1. The van der Waals surface area contributed by atoms with Crippen LogP contribution >= 0.6 is 11.3 Å². The van der Waals surface area contributed by atoms with Crippen LogP contribution in [-0.2, 0) is 24.4 Å². The number of aryl methyl sites for hydroxylation is 1. The van der Waals surface area contributed by atoms with Gasteiger partial charge in [0, 0.05) is 31.1 Å². The van der Waals surface area contributed by atoms with Gasteiger partial charge in [-0.1, -0.05) is 18.5 Å². The van der Waals surface area contributed by atoms with Crippen LogP contribution in [0.2, 0.25) is 0 Å². The minimum Gasteiger partial charge on any atom is -0.383 e. The van der Waals surface area contributed by atoms with Crippen molar-refractivity contribution in [2.45, 2.75) is 39.4 Å². The first-order valence-electron chi connectivity index (χ1n) is 9.66. The predicted octanol–water partition coefficient (Wildman–Crippen LogP) is 1.97. The molecule has 30 heavy (non-hydrogen) atoms. The maximum atomic E-state index is 13.2. The molecule has 0 saturated carbocycles. The normalized spacial score (nSPS) is 11.5. The number of hydrogen-bond acceptors (Lipinski definition) is 8. The molecule has 0 saturated heterocycles. The number of aromatic nitrogens is 6. The molecule has 0 bridgehead atoms. The fourth-order valence-corrected chi connectivity index (χ4v) is 3.85. The lowest BCUT2D eigenvalue weighted by atomic mass is 10.3. The standard InChI is InChI=1S/C19H22N6O4S/c1-3-4-6-24-17-15(23(12-20-17)7-8-28-2)18(26)25(19(24)27)10-14-21-16(22-29-14)13-5-9-30-11-13/h5,9,11-12H,3-4,6-8,10H2,1-2H3. The zero-order valence-corrected chi connectivity index (χ0v) is 17.6. The third-order valence-electron chi connectivity index (χ3n) is 4.80.